The molecule has 2 saturated heterocycles. The van der Waals surface area contributed by atoms with E-state index in [4.69, 9.17) is 11.6 Å². The summed E-state index contributed by atoms with van der Waals surface area (Å²) in [6.45, 7) is 2.95. The Morgan fingerprint density at radius 2 is 1.44 bits per heavy atom. The van der Waals surface area contributed by atoms with E-state index in [1.54, 1.807) is 36.4 Å². The molecular weight excluding hydrogens is 366 g/mol. The molecule has 2 heterocycles. The zero-order valence-corrected chi connectivity index (χ0v) is 15.5. The fraction of sp³-hybridized carbons (Fsp3) is 0.300. The van der Waals surface area contributed by atoms with Crippen LogP contribution in [0, 0.1) is 0 Å². The molecule has 6 nitrogen and oxygen atoms in total. The second-order valence-corrected chi connectivity index (χ2v) is 7.24. The summed E-state index contributed by atoms with van der Waals surface area (Å²) >= 11 is 5.90. The summed E-state index contributed by atoms with van der Waals surface area (Å²) in [4.78, 5) is 30.9. The van der Waals surface area contributed by atoms with Gasteiger partial charge >= 0.3 is 0 Å². The van der Waals surface area contributed by atoms with Crippen molar-refractivity contribution in [2.24, 2.45) is 0 Å². The van der Waals surface area contributed by atoms with Gasteiger partial charge in [0.05, 0.1) is 18.2 Å². The molecule has 0 aliphatic carbocycles. The van der Waals surface area contributed by atoms with Crippen LogP contribution < -0.4 is 9.80 Å². The Kier molecular flexibility index (Phi) is 4.76. The first-order valence-corrected chi connectivity index (χ1v) is 9.31. The molecule has 0 radical (unpaired) electrons. The van der Waals surface area contributed by atoms with Crippen LogP contribution >= 0.6 is 11.6 Å². The van der Waals surface area contributed by atoms with Gasteiger partial charge in [0.15, 0.2) is 0 Å². The number of piperazine rings is 1. The molecule has 4 rings (SSSR count). The number of hydrogen-bond donors (Lipinski definition) is 1. The highest BCUT2D eigenvalue weighted by atomic mass is 35.5. The number of aromatic hydroxyl groups is 1. The molecule has 0 bridgehead atoms. The van der Waals surface area contributed by atoms with Crippen LogP contribution in [0.15, 0.2) is 48.5 Å². The SMILES string of the molecule is O=C1CC(N2CCN(c3ccc(O)cc3)CC2)C(=O)N1c1ccc(Cl)cc1. The van der Waals surface area contributed by atoms with Crippen LogP contribution in [-0.2, 0) is 9.59 Å². The second kappa shape index (κ2) is 7.21. The number of carbonyl (C=O) groups is 2. The molecule has 1 atom stereocenters. The van der Waals surface area contributed by atoms with Gasteiger partial charge in [-0.2, -0.15) is 0 Å². The zero-order valence-electron chi connectivity index (χ0n) is 14.7. The van der Waals surface area contributed by atoms with Gasteiger partial charge in [-0.15, -0.1) is 0 Å². The third-order valence-electron chi connectivity index (χ3n) is 5.18. The molecule has 2 aliphatic rings. The van der Waals surface area contributed by atoms with Gasteiger partial charge in [-0.3, -0.25) is 14.5 Å². The highest BCUT2D eigenvalue weighted by Crippen LogP contribution is 2.28. The smallest absolute Gasteiger partial charge is 0.251 e. The van der Waals surface area contributed by atoms with Crippen LogP contribution in [0.4, 0.5) is 11.4 Å². The molecule has 140 valence electrons. The van der Waals surface area contributed by atoms with Crippen LogP contribution in [0.2, 0.25) is 5.02 Å². The van der Waals surface area contributed by atoms with Gasteiger partial charge < -0.3 is 10.0 Å². The Morgan fingerprint density at radius 1 is 0.852 bits per heavy atom. The Bertz CT molecular complexity index is 846. The van der Waals surface area contributed by atoms with Crippen LogP contribution in [0.1, 0.15) is 6.42 Å². The monoisotopic (exact) mass is 385 g/mol. The minimum absolute atomic E-state index is 0.166. The van der Waals surface area contributed by atoms with Crippen molar-refractivity contribution in [3.8, 4) is 5.75 Å². The van der Waals surface area contributed by atoms with Gasteiger partial charge in [-0.25, -0.2) is 4.90 Å². The first kappa shape index (κ1) is 17.8. The van der Waals surface area contributed by atoms with Gasteiger partial charge in [-0.1, -0.05) is 11.6 Å². The van der Waals surface area contributed by atoms with Crippen molar-refractivity contribution in [2.45, 2.75) is 12.5 Å². The van der Waals surface area contributed by atoms with Crippen LogP contribution in [0.5, 0.6) is 5.75 Å². The number of phenolic OH excluding ortho intramolecular Hbond substituents is 1. The average Bonchev–Trinajstić information content (AvgIpc) is 2.98. The summed E-state index contributed by atoms with van der Waals surface area (Å²) in [5.41, 5.74) is 1.61. The highest BCUT2D eigenvalue weighted by molar-refractivity contribution is 6.30. The number of nitrogens with zero attached hydrogens (tertiary/aromatic N) is 3. The molecule has 0 aromatic heterocycles. The zero-order chi connectivity index (χ0) is 19.0. The van der Waals surface area contributed by atoms with Crippen molar-refractivity contribution in [2.75, 3.05) is 36.0 Å². The minimum Gasteiger partial charge on any atom is -0.508 e. The van der Waals surface area contributed by atoms with E-state index in [-0.39, 0.29) is 24.0 Å². The Morgan fingerprint density at radius 3 is 2.07 bits per heavy atom. The number of carbonyl (C=O) groups excluding carboxylic acids is 2. The van der Waals surface area contributed by atoms with E-state index in [9.17, 15) is 14.7 Å². The van der Waals surface area contributed by atoms with E-state index >= 15 is 0 Å². The number of anilines is 2. The maximum absolute atomic E-state index is 12.9. The average molecular weight is 386 g/mol. The number of phenols is 1. The van der Waals surface area contributed by atoms with Crippen molar-refractivity contribution >= 4 is 34.8 Å². The van der Waals surface area contributed by atoms with Gasteiger partial charge in [-0.05, 0) is 48.5 Å². The van der Waals surface area contributed by atoms with E-state index in [1.807, 2.05) is 12.1 Å². The summed E-state index contributed by atoms with van der Waals surface area (Å²) < 4.78 is 0. The number of rotatable bonds is 3. The highest BCUT2D eigenvalue weighted by Gasteiger charge is 2.43. The number of hydrogen-bond acceptors (Lipinski definition) is 5. The summed E-state index contributed by atoms with van der Waals surface area (Å²) in [6, 6.07) is 13.5. The molecule has 1 N–H and O–H groups in total. The number of benzene rings is 2. The molecular formula is C20H20ClN3O3. The predicted molar refractivity (Wildman–Crippen MR) is 104 cm³/mol. The predicted octanol–water partition coefficient (Wildman–Crippen LogP) is 2.50. The Balaban J connectivity index is 1.43. The molecule has 2 amide bonds. The molecule has 2 aromatic rings. The maximum Gasteiger partial charge on any atom is 0.251 e. The molecule has 7 heteroatoms. The van der Waals surface area contributed by atoms with Crippen LogP contribution in [-0.4, -0.2) is 54.0 Å². The fourth-order valence-corrected chi connectivity index (χ4v) is 3.84. The lowest BCUT2D eigenvalue weighted by Gasteiger charge is -2.38. The van der Waals surface area contributed by atoms with Gasteiger partial charge in [0.1, 0.15) is 5.75 Å². The summed E-state index contributed by atoms with van der Waals surface area (Å²) in [6.07, 6.45) is 0.209. The Labute approximate surface area is 162 Å². The van der Waals surface area contributed by atoms with Crippen molar-refractivity contribution < 1.29 is 14.7 Å². The number of amides is 2. The fourth-order valence-electron chi connectivity index (χ4n) is 3.72. The standard InChI is InChI=1S/C20H20ClN3O3/c21-14-1-3-16(4-2-14)24-19(26)13-18(20(24)27)23-11-9-22(10-12-23)15-5-7-17(25)8-6-15/h1-8,18,25H,9-13H2. The summed E-state index contributed by atoms with van der Waals surface area (Å²) in [5, 5.41) is 9.99. The summed E-state index contributed by atoms with van der Waals surface area (Å²) in [5.74, 6) is -0.0940. The topological polar surface area (TPSA) is 64.1 Å². The molecule has 2 fully saturated rings. The molecule has 0 spiro atoms. The van der Waals surface area contributed by atoms with Crippen molar-refractivity contribution in [3.05, 3.63) is 53.6 Å². The van der Waals surface area contributed by atoms with Crippen molar-refractivity contribution in [1.82, 2.24) is 4.90 Å². The van der Waals surface area contributed by atoms with Gasteiger partial charge in [0, 0.05) is 36.9 Å². The normalized spacial score (nSPS) is 21.1. The van der Waals surface area contributed by atoms with Gasteiger partial charge in [0.2, 0.25) is 5.91 Å². The minimum atomic E-state index is -0.407. The van der Waals surface area contributed by atoms with E-state index in [0.29, 0.717) is 23.8 Å². The third-order valence-corrected chi connectivity index (χ3v) is 5.43. The van der Waals surface area contributed by atoms with Crippen molar-refractivity contribution in [3.63, 3.8) is 0 Å². The van der Waals surface area contributed by atoms with E-state index < -0.39 is 6.04 Å². The molecule has 0 saturated carbocycles. The van der Waals surface area contributed by atoms with E-state index in [0.717, 1.165) is 18.8 Å². The van der Waals surface area contributed by atoms with Crippen molar-refractivity contribution in [1.29, 1.82) is 0 Å². The molecule has 2 aromatic carbocycles. The first-order chi connectivity index (χ1) is 13.0. The van der Waals surface area contributed by atoms with Gasteiger partial charge in [0.25, 0.3) is 5.91 Å². The van der Waals surface area contributed by atoms with E-state index in [1.165, 1.54) is 4.90 Å². The molecule has 27 heavy (non-hydrogen) atoms. The van der Waals surface area contributed by atoms with Crippen LogP contribution in [0.25, 0.3) is 0 Å². The lowest BCUT2D eigenvalue weighted by molar-refractivity contribution is -0.123. The van der Waals surface area contributed by atoms with E-state index in [2.05, 4.69) is 9.80 Å². The first-order valence-electron chi connectivity index (χ1n) is 8.93. The lowest BCUT2D eigenvalue weighted by atomic mass is 10.1. The number of halogens is 1. The van der Waals surface area contributed by atoms with Crippen LogP contribution in [0.3, 0.4) is 0 Å². The maximum atomic E-state index is 12.9. The quantitative estimate of drug-likeness (QED) is 0.822. The lowest BCUT2D eigenvalue weighted by Crippen LogP contribution is -2.52. The third kappa shape index (κ3) is 3.50. The number of imide groups is 1. The molecule has 2 aliphatic heterocycles. The Hall–Kier alpha value is -2.57. The second-order valence-electron chi connectivity index (χ2n) is 6.80. The largest absolute Gasteiger partial charge is 0.508 e. The molecule has 1 unspecified atom stereocenters. The summed E-state index contributed by atoms with van der Waals surface area (Å²) in [7, 11) is 0.